The summed E-state index contributed by atoms with van der Waals surface area (Å²) in [6, 6.07) is 0. The number of carboxylic acids is 1. The Morgan fingerprint density at radius 2 is 2.05 bits per heavy atom. The van der Waals surface area contributed by atoms with Gasteiger partial charge in [0.2, 0.25) is 0 Å². The fourth-order valence-corrected chi connectivity index (χ4v) is 1.51. The zero-order valence-corrected chi connectivity index (χ0v) is 9.60. The molecule has 0 aromatic carbocycles. The monoisotopic (exact) mass is 305 g/mol. The van der Waals surface area contributed by atoms with Gasteiger partial charge in [-0.15, -0.1) is 24.8 Å². The quantitative estimate of drug-likeness (QED) is 0.684. The summed E-state index contributed by atoms with van der Waals surface area (Å²) >= 11 is 5.30. The molecule has 0 atom stereocenters. The number of carbonyl (C=O) groups is 1. The Hall–Kier alpha value is -1.64. The Bertz CT molecular complexity index is 491. The van der Waals surface area contributed by atoms with Gasteiger partial charge in [0, 0.05) is 0 Å². The molecular weight excluding hydrogens is 301 g/mol. The van der Waals surface area contributed by atoms with Crippen LogP contribution in [0.4, 0.5) is 22.0 Å². The number of aromatic carboxylic acids is 1. The van der Waals surface area contributed by atoms with Gasteiger partial charge in [0.1, 0.15) is 0 Å². The highest BCUT2D eigenvalue weighted by Crippen LogP contribution is 2.36. The van der Waals surface area contributed by atoms with E-state index >= 15 is 0 Å². The van der Waals surface area contributed by atoms with Crippen LogP contribution in [0.15, 0.2) is 6.20 Å². The number of pyridine rings is 1. The van der Waals surface area contributed by atoms with Gasteiger partial charge in [-0.25, -0.2) is 13.6 Å². The van der Waals surface area contributed by atoms with Gasteiger partial charge < -0.3 is 9.84 Å². The maximum Gasteiger partial charge on any atom is 0.573 e. The molecule has 1 aromatic heterocycles. The molecule has 0 fully saturated rings. The van der Waals surface area contributed by atoms with Crippen LogP contribution in [0.2, 0.25) is 0 Å². The van der Waals surface area contributed by atoms with E-state index in [-0.39, 0.29) is 0 Å². The zero-order valence-electron chi connectivity index (χ0n) is 8.84. The molecule has 0 amide bonds. The van der Waals surface area contributed by atoms with Gasteiger partial charge in [-0.05, 0) is 0 Å². The molecule has 0 aliphatic carbocycles. The van der Waals surface area contributed by atoms with Gasteiger partial charge in [-0.2, -0.15) is 0 Å². The minimum atomic E-state index is -5.25. The lowest BCUT2D eigenvalue weighted by Gasteiger charge is -2.15. The van der Waals surface area contributed by atoms with Crippen LogP contribution >= 0.6 is 11.6 Å². The molecule has 0 unspecified atom stereocenters. The molecule has 0 spiro atoms. The van der Waals surface area contributed by atoms with E-state index < -0.39 is 47.2 Å². The predicted octanol–water partition coefficient (Wildman–Crippen LogP) is 3.35. The first-order chi connectivity index (χ1) is 8.67. The number of carboxylic acid groups (broad SMARTS) is 1. The molecule has 0 aliphatic heterocycles. The summed E-state index contributed by atoms with van der Waals surface area (Å²) in [6.07, 6.45) is -8.38. The Kier molecular flexibility index (Phi) is 4.51. The summed E-state index contributed by atoms with van der Waals surface area (Å²) in [6.45, 7) is 0. The number of nitrogens with zero attached hydrogens (tertiary/aromatic N) is 1. The van der Waals surface area contributed by atoms with E-state index in [0.29, 0.717) is 6.20 Å². The Morgan fingerprint density at radius 3 is 2.42 bits per heavy atom. The van der Waals surface area contributed by atoms with Crippen molar-refractivity contribution >= 4 is 17.6 Å². The maximum absolute atomic E-state index is 12.8. The van der Waals surface area contributed by atoms with Crippen molar-refractivity contribution in [3.8, 4) is 5.75 Å². The van der Waals surface area contributed by atoms with Crippen molar-refractivity contribution in [2.75, 3.05) is 0 Å². The Balaban J connectivity index is 3.49. The van der Waals surface area contributed by atoms with Crippen molar-refractivity contribution < 1.29 is 36.6 Å². The van der Waals surface area contributed by atoms with E-state index in [2.05, 4.69) is 9.72 Å². The van der Waals surface area contributed by atoms with Gasteiger partial charge in [0.05, 0.1) is 28.9 Å². The summed E-state index contributed by atoms with van der Waals surface area (Å²) in [5.41, 5.74) is -2.97. The second kappa shape index (κ2) is 5.55. The summed E-state index contributed by atoms with van der Waals surface area (Å²) in [4.78, 5) is 14.1. The predicted molar refractivity (Wildman–Crippen MR) is 52.4 cm³/mol. The van der Waals surface area contributed by atoms with Crippen LogP contribution in [0.1, 0.15) is 28.0 Å². The number of ether oxygens (including phenoxy) is 1. The number of hydrogen-bond acceptors (Lipinski definition) is 3. The van der Waals surface area contributed by atoms with Crippen LogP contribution < -0.4 is 4.74 Å². The van der Waals surface area contributed by atoms with E-state index in [4.69, 9.17) is 16.7 Å². The lowest BCUT2D eigenvalue weighted by molar-refractivity contribution is -0.275. The molecule has 1 heterocycles. The second-order valence-electron chi connectivity index (χ2n) is 3.15. The summed E-state index contributed by atoms with van der Waals surface area (Å²) in [5, 5.41) is 8.78. The summed E-state index contributed by atoms with van der Waals surface area (Å²) in [5.74, 6) is -3.78. The van der Waals surface area contributed by atoms with E-state index in [1.807, 2.05) is 0 Å². The first kappa shape index (κ1) is 15.4. The number of aromatic nitrogens is 1. The molecule has 1 aromatic rings. The number of hydrogen-bond donors (Lipinski definition) is 1. The lowest BCUT2D eigenvalue weighted by Crippen LogP contribution is -2.20. The van der Waals surface area contributed by atoms with Crippen LogP contribution in [0.25, 0.3) is 0 Å². The molecule has 1 N–H and O–H groups in total. The van der Waals surface area contributed by atoms with E-state index in [0.717, 1.165) is 0 Å². The number of halogens is 6. The first-order valence-electron chi connectivity index (χ1n) is 4.52. The van der Waals surface area contributed by atoms with Crippen LogP contribution in [0, 0.1) is 0 Å². The molecule has 10 heteroatoms. The maximum atomic E-state index is 12.8. The normalized spacial score (nSPS) is 11.7. The minimum Gasteiger partial charge on any atom is -0.478 e. The van der Waals surface area contributed by atoms with Crippen molar-refractivity contribution in [3.63, 3.8) is 0 Å². The Morgan fingerprint density at radius 1 is 1.47 bits per heavy atom. The molecule has 0 bridgehead atoms. The highest BCUT2D eigenvalue weighted by molar-refractivity contribution is 6.17. The Labute approximate surface area is 107 Å². The molecule has 106 valence electrons. The van der Waals surface area contributed by atoms with Crippen molar-refractivity contribution in [1.82, 2.24) is 4.98 Å². The molecule has 1 rings (SSSR count). The SMILES string of the molecule is O=C(O)c1c(CCl)ncc(OC(F)(F)F)c1C(F)F. The van der Waals surface area contributed by atoms with Gasteiger partial charge in [0.25, 0.3) is 6.43 Å². The average molecular weight is 306 g/mol. The molecule has 19 heavy (non-hydrogen) atoms. The van der Waals surface area contributed by atoms with Crippen molar-refractivity contribution in [2.45, 2.75) is 18.7 Å². The third-order valence-electron chi connectivity index (χ3n) is 1.95. The van der Waals surface area contributed by atoms with Gasteiger partial charge in [-0.1, -0.05) is 0 Å². The highest BCUT2D eigenvalue weighted by Gasteiger charge is 2.36. The van der Waals surface area contributed by atoms with Crippen LogP contribution in [-0.2, 0) is 5.88 Å². The van der Waals surface area contributed by atoms with Gasteiger partial charge in [0.15, 0.2) is 5.75 Å². The lowest BCUT2D eigenvalue weighted by atomic mass is 10.1. The summed E-state index contributed by atoms with van der Waals surface area (Å²) in [7, 11) is 0. The van der Waals surface area contributed by atoms with Crippen LogP contribution in [-0.4, -0.2) is 22.4 Å². The van der Waals surface area contributed by atoms with E-state index in [1.54, 1.807) is 0 Å². The van der Waals surface area contributed by atoms with Crippen molar-refractivity contribution in [3.05, 3.63) is 23.0 Å². The van der Waals surface area contributed by atoms with Crippen LogP contribution in [0.3, 0.4) is 0 Å². The molecule has 0 saturated heterocycles. The topological polar surface area (TPSA) is 59.4 Å². The second-order valence-corrected chi connectivity index (χ2v) is 3.41. The van der Waals surface area contributed by atoms with Crippen LogP contribution in [0.5, 0.6) is 5.75 Å². The van der Waals surface area contributed by atoms with E-state index in [1.165, 1.54) is 0 Å². The van der Waals surface area contributed by atoms with E-state index in [9.17, 15) is 26.7 Å². The fraction of sp³-hybridized carbons (Fsp3) is 0.333. The molecular formula is C9H5ClF5NO3. The first-order valence-corrected chi connectivity index (χ1v) is 5.05. The fourth-order valence-electron chi connectivity index (χ4n) is 1.31. The number of alkyl halides is 6. The molecule has 4 nitrogen and oxygen atoms in total. The zero-order chi connectivity index (χ0) is 14.8. The van der Waals surface area contributed by atoms with Crippen molar-refractivity contribution in [1.29, 1.82) is 0 Å². The summed E-state index contributed by atoms with van der Waals surface area (Å²) < 4.78 is 64.9. The minimum absolute atomic E-state index is 0.360. The molecule has 0 aliphatic rings. The third kappa shape index (κ3) is 3.66. The molecule has 0 saturated carbocycles. The third-order valence-corrected chi connectivity index (χ3v) is 2.20. The average Bonchev–Trinajstić information content (AvgIpc) is 2.25. The van der Waals surface area contributed by atoms with Crippen molar-refractivity contribution in [2.24, 2.45) is 0 Å². The van der Waals surface area contributed by atoms with Gasteiger partial charge >= 0.3 is 12.3 Å². The number of rotatable bonds is 4. The highest BCUT2D eigenvalue weighted by atomic mass is 35.5. The largest absolute Gasteiger partial charge is 0.573 e. The standard InChI is InChI=1S/C9H5ClF5NO3/c10-1-3-5(8(17)18)6(7(11)12)4(2-16-3)19-9(13,14)15/h2,7H,1H2,(H,17,18). The smallest absolute Gasteiger partial charge is 0.478 e. The molecule has 0 radical (unpaired) electrons. The van der Waals surface area contributed by atoms with Gasteiger partial charge in [-0.3, -0.25) is 4.98 Å².